The van der Waals surface area contributed by atoms with Crippen LogP contribution in [0.4, 0.5) is 0 Å². The molecule has 0 amide bonds. The topological polar surface area (TPSA) is 64.4 Å². The van der Waals surface area contributed by atoms with Gasteiger partial charge in [0.05, 0.1) is 0 Å². The summed E-state index contributed by atoms with van der Waals surface area (Å²) in [7, 11) is 0. The van der Waals surface area contributed by atoms with Gasteiger partial charge in [0.1, 0.15) is 0 Å². The number of aliphatic imine (C=N–C) groups is 1. The molecule has 0 saturated heterocycles. The van der Waals surface area contributed by atoms with Crippen LogP contribution < -0.4 is 11.5 Å². The van der Waals surface area contributed by atoms with Gasteiger partial charge < -0.3 is 11.5 Å². The highest BCUT2D eigenvalue weighted by atomic mass is 15.0. The van der Waals surface area contributed by atoms with Gasteiger partial charge in [0.25, 0.3) is 0 Å². The molecule has 0 rings (SSSR count). The Morgan fingerprint density at radius 1 is 1.36 bits per heavy atom. The molecule has 0 unspecified atom stereocenters. The van der Waals surface area contributed by atoms with E-state index in [1.54, 1.807) is 0 Å². The second kappa shape index (κ2) is 5.77. The third kappa shape index (κ3) is 5.45. The normalized spacial score (nSPS) is 11.3. The zero-order chi connectivity index (χ0) is 8.69. The summed E-state index contributed by atoms with van der Waals surface area (Å²) < 4.78 is 0. The van der Waals surface area contributed by atoms with Gasteiger partial charge in [-0.3, -0.25) is 0 Å². The van der Waals surface area contributed by atoms with Gasteiger partial charge in [-0.05, 0) is 12.8 Å². The van der Waals surface area contributed by atoms with Crippen LogP contribution in [0.3, 0.4) is 0 Å². The van der Waals surface area contributed by atoms with Crippen molar-refractivity contribution in [3.8, 4) is 0 Å². The highest BCUT2D eigenvalue weighted by Crippen LogP contribution is 2.04. The fraction of sp³-hybridized carbons (Fsp3) is 0.625. The molecule has 0 aliphatic carbocycles. The van der Waals surface area contributed by atoms with Crippen molar-refractivity contribution in [3.63, 3.8) is 0 Å². The summed E-state index contributed by atoms with van der Waals surface area (Å²) >= 11 is 0. The molecule has 0 aliphatic heterocycles. The van der Waals surface area contributed by atoms with Crippen LogP contribution in [0.1, 0.15) is 33.1 Å². The van der Waals surface area contributed by atoms with Gasteiger partial charge in [-0.25, -0.2) is 4.99 Å². The highest BCUT2D eigenvalue weighted by Gasteiger charge is 1.89. The van der Waals surface area contributed by atoms with Gasteiger partial charge in [0, 0.05) is 5.70 Å². The van der Waals surface area contributed by atoms with Crippen molar-refractivity contribution < 1.29 is 0 Å². The summed E-state index contributed by atoms with van der Waals surface area (Å²) in [6, 6.07) is 0. The molecule has 0 aromatic carbocycles. The molecule has 0 aliphatic rings. The minimum atomic E-state index is 0.147. The van der Waals surface area contributed by atoms with E-state index in [1.165, 1.54) is 0 Å². The molecule has 4 N–H and O–H groups in total. The summed E-state index contributed by atoms with van der Waals surface area (Å²) in [5, 5.41) is 0. The fourth-order valence-corrected chi connectivity index (χ4v) is 0.746. The molecule has 64 valence electrons. The van der Waals surface area contributed by atoms with Crippen LogP contribution in [0.2, 0.25) is 0 Å². The van der Waals surface area contributed by atoms with E-state index in [1.807, 2.05) is 6.92 Å². The Morgan fingerprint density at radius 2 is 2.00 bits per heavy atom. The van der Waals surface area contributed by atoms with Crippen molar-refractivity contribution in [3.05, 3.63) is 11.8 Å². The van der Waals surface area contributed by atoms with E-state index in [0.717, 1.165) is 25.0 Å². The minimum Gasteiger partial charge on any atom is -0.370 e. The van der Waals surface area contributed by atoms with Crippen LogP contribution in [0.25, 0.3) is 0 Å². The summed E-state index contributed by atoms with van der Waals surface area (Å²) in [6.45, 7) is 4.16. The van der Waals surface area contributed by atoms with Gasteiger partial charge in [-0.2, -0.15) is 0 Å². The number of rotatable bonds is 4. The van der Waals surface area contributed by atoms with E-state index in [4.69, 9.17) is 11.5 Å². The summed E-state index contributed by atoms with van der Waals surface area (Å²) in [5.74, 6) is 0.147. The predicted molar refractivity (Wildman–Crippen MR) is 49.1 cm³/mol. The van der Waals surface area contributed by atoms with Crippen LogP contribution in [-0.2, 0) is 0 Å². The number of guanidine groups is 1. The Hall–Kier alpha value is -0.990. The smallest absolute Gasteiger partial charge is 0.190 e. The van der Waals surface area contributed by atoms with Gasteiger partial charge >= 0.3 is 0 Å². The van der Waals surface area contributed by atoms with Gasteiger partial charge in [0.15, 0.2) is 5.96 Å². The molecule has 3 heteroatoms. The first-order chi connectivity index (χ1) is 5.20. The first-order valence-corrected chi connectivity index (χ1v) is 3.99. The monoisotopic (exact) mass is 155 g/mol. The van der Waals surface area contributed by atoms with E-state index in [2.05, 4.69) is 18.0 Å². The van der Waals surface area contributed by atoms with Crippen molar-refractivity contribution in [2.75, 3.05) is 0 Å². The van der Waals surface area contributed by atoms with Crippen molar-refractivity contribution in [2.24, 2.45) is 16.5 Å². The maximum absolute atomic E-state index is 5.23. The summed E-state index contributed by atoms with van der Waals surface area (Å²) in [5.41, 5.74) is 11.4. The molecule has 11 heavy (non-hydrogen) atoms. The molecule has 0 heterocycles. The van der Waals surface area contributed by atoms with Crippen LogP contribution in [0, 0.1) is 0 Å². The van der Waals surface area contributed by atoms with E-state index in [-0.39, 0.29) is 5.96 Å². The summed E-state index contributed by atoms with van der Waals surface area (Å²) in [4.78, 5) is 3.97. The van der Waals surface area contributed by atoms with Crippen molar-refractivity contribution >= 4 is 5.96 Å². The number of hydrogen-bond acceptors (Lipinski definition) is 1. The van der Waals surface area contributed by atoms with E-state index in [0.29, 0.717) is 0 Å². The molecular formula is C8H17N3. The molecule has 0 spiro atoms. The third-order valence-electron chi connectivity index (χ3n) is 1.30. The average Bonchev–Trinajstić information content (AvgIpc) is 1.97. The standard InChI is InChI=1S/C8H17N3/c1-3-5-6-7(4-2)11-8(9)10/h6H,3-5H2,1-2H3,(H4,9,10,11)/b7-6-. The Balaban J connectivity index is 4.05. The number of hydrogen-bond donors (Lipinski definition) is 2. The van der Waals surface area contributed by atoms with Crippen molar-refractivity contribution in [1.29, 1.82) is 0 Å². The number of nitrogens with zero attached hydrogens (tertiary/aromatic N) is 1. The van der Waals surface area contributed by atoms with Crippen LogP contribution >= 0.6 is 0 Å². The van der Waals surface area contributed by atoms with E-state index in [9.17, 15) is 0 Å². The van der Waals surface area contributed by atoms with Crippen LogP contribution in [0.5, 0.6) is 0 Å². The fourth-order valence-electron chi connectivity index (χ4n) is 0.746. The van der Waals surface area contributed by atoms with Gasteiger partial charge in [-0.1, -0.05) is 26.3 Å². The SMILES string of the molecule is CCC/C=C(/CC)N=C(N)N. The molecule has 0 aromatic rings. The molecule has 0 aromatic heterocycles. The second-order valence-electron chi connectivity index (χ2n) is 2.37. The molecular weight excluding hydrogens is 138 g/mol. The predicted octanol–water partition coefficient (Wildman–Crippen LogP) is 1.35. The molecule has 0 atom stereocenters. The van der Waals surface area contributed by atoms with E-state index < -0.39 is 0 Å². The average molecular weight is 155 g/mol. The third-order valence-corrected chi connectivity index (χ3v) is 1.30. The maximum Gasteiger partial charge on any atom is 0.190 e. The molecule has 0 radical (unpaired) electrons. The largest absolute Gasteiger partial charge is 0.370 e. The second-order valence-corrected chi connectivity index (χ2v) is 2.37. The van der Waals surface area contributed by atoms with Gasteiger partial charge in [-0.15, -0.1) is 0 Å². The van der Waals surface area contributed by atoms with E-state index >= 15 is 0 Å². The molecule has 0 bridgehead atoms. The van der Waals surface area contributed by atoms with Gasteiger partial charge in [0.2, 0.25) is 0 Å². The molecule has 3 nitrogen and oxygen atoms in total. The zero-order valence-electron chi connectivity index (χ0n) is 7.30. The van der Waals surface area contributed by atoms with Crippen LogP contribution in [0.15, 0.2) is 16.8 Å². The lowest BCUT2D eigenvalue weighted by atomic mass is 10.2. The Kier molecular flexibility index (Phi) is 5.25. The van der Waals surface area contributed by atoms with Crippen molar-refractivity contribution in [2.45, 2.75) is 33.1 Å². The maximum atomic E-state index is 5.23. The highest BCUT2D eigenvalue weighted by molar-refractivity contribution is 5.76. The zero-order valence-corrected chi connectivity index (χ0v) is 7.30. The first-order valence-electron chi connectivity index (χ1n) is 3.99. The van der Waals surface area contributed by atoms with Crippen LogP contribution in [-0.4, -0.2) is 5.96 Å². The quantitative estimate of drug-likeness (QED) is 0.475. The number of unbranched alkanes of at least 4 members (excludes halogenated alkanes) is 1. The number of allylic oxidation sites excluding steroid dienone is 2. The minimum absolute atomic E-state index is 0.147. The number of nitrogens with two attached hydrogens (primary N) is 2. The lowest BCUT2D eigenvalue weighted by molar-refractivity contribution is 0.926. The Labute approximate surface area is 68.2 Å². The molecule has 0 fully saturated rings. The van der Waals surface area contributed by atoms with Crippen molar-refractivity contribution in [1.82, 2.24) is 0 Å². The lowest BCUT2D eigenvalue weighted by Crippen LogP contribution is -2.22. The lowest BCUT2D eigenvalue weighted by Gasteiger charge is -1.96. The first kappa shape index (κ1) is 10.0. The Bertz CT molecular complexity index is 155. The summed E-state index contributed by atoms with van der Waals surface area (Å²) in [6.07, 6.45) is 5.13. The Morgan fingerprint density at radius 3 is 2.36 bits per heavy atom. The molecule has 0 saturated carbocycles.